The first-order valence-electron chi connectivity index (χ1n) is 5.41. The number of hydrogen-bond acceptors (Lipinski definition) is 3. The van der Waals surface area contributed by atoms with Crippen LogP contribution in [0.15, 0.2) is 0 Å². The molecule has 0 aliphatic carbocycles. The predicted octanol–water partition coefficient (Wildman–Crippen LogP) is 1.32. The Morgan fingerprint density at radius 1 is 1.36 bits per heavy atom. The Kier molecular flexibility index (Phi) is 4.08. The molecule has 1 rings (SSSR count). The van der Waals surface area contributed by atoms with E-state index in [-0.39, 0.29) is 12.0 Å². The summed E-state index contributed by atoms with van der Waals surface area (Å²) in [5.74, 6) is 0.404. The number of ether oxygens (including phenoxy) is 1. The van der Waals surface area contributed by atoms with E-state index in [1.807, 2.05) is 13.8 Å². The first-order valence-corrected chi connectivity index (χ1v) is 5.41. The number of morpholine rings is 1. The molecule has 0 radical (unpaired) electrons. The maximum atomic E-state index is 11.9. The second-order valence-electron chi connectivity index (χ2n) is 4.48. The number of carbonyl (C=O) groups is 1. The average Bonchev–Trinajstić information content (AvgIpc) is 2.16. The Morgan fingerprint density at radius 3 is 2.50 bits per heavy atom. The van der Waals surface area contributed by atoms with Crippen molar-refractivity contribution in [1.82, 2.24) is 4.90 Å². The highest BCUT2D eigenvalue weighted by atomic mass is 16.5. The van der Waals surface area contributed by atoms with Crippen molar-refractivity contribution in [3.63, 3.8) is 0 Å². The molecule has 1 aliphatic heterocycles. The number of hydrogen-bond donors (Lipinski definition) is 0. The molecule has 0 aromatic carbocycles. The van der Waals surface area contributed by atoms with Gasteiger partial charge >= 0.3 is 0 Å². The van der Waals surface area contributed by atoms with Crippen LogP contribution < -0.4 is 0 Å². The van der Waals surface area contributed by atoms with Crippen molar-refractivity contribution in [2.24, 2.45) is 5.92 Å². The van der Waals surface area contributed by atoms with Gasteiger partial charge in [-0.25, -0.2) is 0 Å². The van der Waals surface area contributed by atoms with Crippen molar-refractivity contribution in [2.45, 2.75) is 39.8 Å². The summed E-state index contributed by atoms with van der Waals surface area (Å²) in [5, 5.41) is 0. The second-order valence-corrected chi connectivity index (χ2v) is 4.48. The SMILES string of the molecule is CC(C)C(=O)C1COCCN1C(C)C. The Morgan fingerprint density at radius 2 is 2.00 bits per heavy atom. The van der Waals surface area contributed by atoms with E-state index >= 15 is 0 Å². The van der Waals surface area contributed by atoms with Gasteiger partial charge in [0, 0.05) is 18.5 Å². The molecular formula is C11H21NO2. The fraction of sp³-hybridized carbons (Fsp3) is 0.909. The number of nitrogens with zero attached hydrogens (tertiary/aromatic N) is 1. The molecule has 1 aliphatic rings. The molecule has 14 heavy (non-hydrogen) atoms. The van der Waals surface area contributed by atoms with Crippen LogP contribution in [0.3, 0.4) is 0 Å². The first kappa shape index (κ1) is 11.7. The fourth-order valence-corrected chi connectivity index (χ4v) is 1.86. The lowest BCUT2D eigenvalue weighted by Gasteiger charge is -2.38. The van der Waals surface area contributed by atoms with Crippen LogP contribution in [0, 0.1) is 5.92 Å². The summed E-state index contributed by atoms with van der Waals surface area (Å²) in [6.07, 6.45) is 0. The summed E-state index contributed by atoms with van der Waals surface area (Å²) in [7, 11) is 0. The number of rotatable bonds is 3. The third-order valence-corrected chi connectivity index (χ3v) is 2.73. The summed E-state index contributed by atoms with van der Waals surface area (Å²) >= 11 is 0. The van der Waals surface area contributed by atoms with Crippen LogP contribution in [0.5, 0.6) is 0 Å². The molecule has 0 spiro atoms. The molecule has 0 bridgehead atoms. The average molecular weight is 199 g/mol. The molecule has 3 nitrogen and oxygen atoms in total. The summed E-state index contributed by atoms with van der Waals surface area (Å²) < 4.78 is 5.37. The van der Waals surface area contributed by atoms with Gasteiger partial charge in [-0.3, -0.25) is 9.69 Å². The van der Waals surface area contributed by atoms with Crippen molar-refractivity contribution >= 4 is 5.78 Å². The lowest BCUT2D eigenvalue weighted by Crippen LogP contribution is -2.53. The Bertz CT molecular complexity index is 201. The highest BCUT2D eigenvalue weighted by Crippen LogP contribution is 2.15. The minimum atomic E-state index is -0.0243. The van der Waals surface area contributed by atoms with Crippen LogP contribution in [0.25, 0.3) is 0 Å². The van der Waals surface area contributed by atoms with Crippen molar-refractivity contribution in [3.8, 4) is 0 Å². The third kappa shape index (κ3) is 2.55. The zero-order chi connectivity index (χ0) is 10.7. The van der Waals surface area contributed by atoms with Crippen molar-refractivity contribution in [1.29, 1.82) is 0 Å². The highest BCUT2D eigenvalue weighted by molar-refractivity contribution is 5.86. The molecule has 1 unspecified atom stereocenters. The molecule has 3 heteroatoms. The summed E-state index contributed by atoms with van der Waals surface area (Å²) in [6, 6.07) is 0.398. The van der Waals surface area contributed by atoms with Crippen LogP contribution in [0.4, 0.5) is 0 Å². The Labute approximate surface area is 86.4 Å². The van der Waals surface area contributed by atoms with Gasteiger partial charge in [0.05, 0.1) is 19.3 Å². The largest absolute Gasteiger partial charge is 0.378 e. The van der Waals surface area contributed by atoms with Crippen molar-refractivity contribution in [2.75, 3.05) is 19.8 Å². The number of Topliss-reactive ketones (excluding diaryl/α,β-unsaturated/α-hetero) is 1. The zero-order valence-electron chi connectivity index (χ0n) is 9.62. The fourth-order valence-electron chi connectivity index (χ4n) is 1.86. The molecule has 0 amide bonds. The molecular weight excluding hydrogens is 178 g/mol. The Hall–Kier alpha value is -0.410. The maximum Gasteiger partial charge on any atom is 0.154 e. The maximum absolute atomic E-state index is 11.9. The second kappa shape index (κ2) is 4.89. The van der Waals surface area contributed by atoms with Crippen molar-refractivity contribution in [3.05, 3.63) is 0 Å². The number of carbonyl (C=O) groups excluding carboxylic acids is 1. The van der Waals surface area contributed by atoms with E-state index in [9.17, 15) is 4.79 Å². The monoisotopic (exact) mass is 199 g/mol. The minimum Gasteiger partial charge on any atom is -0.378 e. The van der Waals surface area contributed by atoms with Crippen LogP contribution in [0.1, 0.15) is 27.7 Å². The summed E-state index contributed by atoms with van der Waals surface area (Å²) in [4.78, 5) is 14.1. The molecule has 1 fully saturated rings. The standard InChI is InChI=1S/C11H21NO2/c1-8(2)11(13)10-7-14-6-5-12(10)9(3)4/h8-10H,5-7H2,1-4H3. The third-order valence-electron chi connectivity index (χ3n) is 2.73. The lowest BCUT2D eigenvalue weighted by atomic mass is 9.99. The molecule has 1 heterocycles. The van der Waals surface area contributed by atoms with E-state index in [1.165, 1.54) is 0 Å². The summed E-state index contributed by atoms with van der Waals surface area (Å²) in [6.45, 7) is 10.4. The molecule has 1 saturated heterocycles. The topological polar surface area (TPSA) is 29.5 Å². The van der Waals surface area contributed by atoms with Gasteiger partial charge < -0.3 is 4.74 Å². The van der Waals surface area contributed by atoms with Gasteiger partial charge in [0.2, 0.25) is 0 Å². The Balaban J connectivity index is 2.67. The van der Waals surface area contributed by atoms with E-state index in [4.69, 9.17) is 4.74 Å². The molecule has 0 aromatic rings. The van der Waals surface area contributed by atoms with E-state index in [2.05, 4.69) is 18.7 Å². The minimum absolute atomic E-state index is 0.0243. The van der Waals surface area contributed by atoms with E-state index in [1.54, 1.807) is 0 Å². The quantitative estimate of drug-likeness (QED) is 0.686. The van der Waals surface area contributed by atoms with Gasteiger partial charge in [0.1, 0.15) is 0 Å². The first-order chi connectivity index (χ1) is 6.54. The normalized spacial score (nSPS) is 24.6. The van der Waals surface area contributed by atoms with Gasteiger partial charge in [0.25, 0.3) is 0 Å². The van der Waals surface area contributed by atoms with E-state index in [0.29, 0.717) is 18.4 Å². The van der Waals surface area contributed by atoms with Gasteiger partial charge in [0.15, 0.2) is 5.78 Å². The predicted molar refractivity (Wildman–Crippen MR) is 56.3 cm³/mol. The van der Waals surface area contributed by atoms with Gasteiger partial charge in [-0.1, -0.05) is 13.8 Å². The van der Waals surface area contributed by atoms with E-state index in [0.717, 1.165) is 13.2 Å². The van der Waals surface area contributed by atoms with Crippen LogP contribution >= 0.6 is 0 Å². The zero-order valence-corrected chi connectivity index (χ0v) is 9.62. The highest BCUT2D eigenvalue weighted by Gasteiger charge is 2.31. The van der Waals surface area contributed by atoms with Gasteiger partial charge in [-0.15, -0.1) is 0 Å². The molecule has 0 aromatic heterocycles. The van der Waals surface area contributed by atoms with Crippen molar-refractivity contribution < 1.29 is 9.53 Å². The molecule has 1 atom stereocenters. The molecule has 0 N–H and O–H groups in total. The van der Waals surface area contributed by atoms with E-state index < -0.39 is 0 Å². The smallest absolute Gasteiger partial charge is 0.154 e. The van der Waals surface area contributed by atoms with Gasteiger partial charge in [-0.05, 0) is 13.8 Å². The van der Waals surface area contributed by atoms with Gasteiger partial charge in [-0.2, -0.15) is 0 Å². The summed E-state index contributed by atoms with van der Waals surface area (Å²) in [5.41, 5.74) is 0. The molecule has 0 saturated carbocycles. The van der Waals surface area contributed by atoms with Crippen LogP contribution in [-0.2, 0) is 9.53 Å². The lowest BCUT2D eigenvalue weighted by molar-refractivity contribution is -0.134. The number of ketones is 1. The van der Waals surface area contributed by atoms with Crippen LogP contribution in [0.2, 0.25) is 0 Å². The van der Waals surface area contributed by atoms with Crippen LogP contribution in [-0.4, -0.2) is 42.5 Å². The molecule has 82 valence electrons.